The van der Waals surface area contributed by atoms with Crippen molar-refractivity contribution >= 4 is 11.8 Å². The molecule has 29 heavy (non-hydrogen) atoms. The van der Waals surface area contributed by atoms with Gasteiger partial charge in [0, 0.05) is 19.0 Å². The van der Waals surface area contributed by atoms with Crippen LogP contribution in [0.4, 0.5) is 0 Å². The highest BCUT2D eigenvalue weighted by Gasteiger charge is 2.26. The van der Waals surface area contributed by atoms with E-state index >= 15 is 0 Å². The molecule has 0 aliphatic heterocycles. The van der Waals surface area contributed by atoms with Crippen LogP contribution in [0.5, 0.6) is 5.75 Å². The number of para-hydroxylation sites is 1. The molecule has 0 aliphatic carbocycles. The second-order valence-electron chi connectivity index (χ2n) is 7.61. The Kier molecular flexibility index (Phi) is 8.71. The molecule has 0 aromatic heterocycles. The molecule has 0 heterocycles. The lowest BCUT2D eigenvalue weighted by Crippen LogP contribution is -2.49. The minimum absolute atomic E-state index is 0.0283. The minimum Gasteiger partial charge on any atom is -0.494 e. The highest BCUT2D eigenvalue weighted by atomic mass is 16.5. The van der Waals surface area contributed by atoms with E-state index < -0.39 is 6.04 Å². The lowest BCUT2D eigenvalue weighted by molar-refractivity contribution is -0.141. The Morgan fingerprint density at radius 2 is 1.66 bits per heavy atom. The van der Waals surface area contributed by atoms with Gasteiger partial charge in [-0.15, -0.1) is 0 Å². The minimum atomic E-state index is -0.541. The zero-order chi connectivity index (χ0) is 21.2. The second-order valence-corrected chi connectivity index (χ2v) is 7.61. The molecule has 2 aromatic rings. The van der Waals surface area contributed by atoms with Crippen LogP contribution in [0.25, 0.3) is 0 Å². The predicted octanol–water partition coefficient (Wildman–Crippen LogP) is 4.10. The van der Waals surface area contributed by atoms with Crippen molar-refractivity contribution in [3.8, 4) is 5.75 Å². The molecule has 0 fully saturated rings. The Hall–Kier alpha value is -2.82. The van der Waals surface area contributed by atoms with Crippen LogP contribution in [0.15, 0.2) is 54.6 Å². The van der Waals surface area contributed by atoms with Crippen molar-refractivity contribution in [2.75, 3.05) is 6.61 Å². The third kappa shape index (κ3) is 7.60. The monoisotopic (exact) mass is 396 g/mol. The van der Waals surface area contributed by atoms with Gasteiger partial charge in [-0.1, -0.05) is 48.0 Å². The molecule has 5 heteroatoms. The summed E-state index contributed by atoms with van der Waals surface area (Å²) in [6.07, 6.45) is 0.925. The number of carbonyl (C=O) groups excluding carboxylic acids is 2. The zero-order valence-corrected chi connectivity index (χ0v) is 17.9. The van der Waals surface area contributed by atoms with Crippen molar-refractivity contribution in [2.24, 2.45) is 0 Å². The van der Waals surface area contributed by atoms with Crippen LogP contribution in [0.1, 0.15) is 44.7 Å². The molecule has 1 atom stereocenters. The van der Waals surface area contributed by atoms with Crippen LogP contribution < -0.4 is 10.1 Å². The van der Waals surface area contributed by atoms with Gasteiger partial charge in [-0.05, 0) is 51.8 Å². The van der Waals surface area contributed by atoms with E-state index in [4.69, 9.17) is 4.74 Å². The lowest BCUT2D eigenvalue weighted by Gasteiger charge is -2.29. The number of nitrogens with zero attached hydrogens (tertiary/aromatic N) is 1. The summed E-state index contributed by atoms with van der Waals surface area (Å²) >= 11 is 0. The van der Waals surface area contributed by atoms with Gasteiger partial charge in [0.05, 0.1) is 6.61 Å². The van der Waals surface area contributed by atoms with Gasteiger partial charge in [0.2, 0.25) is 11.8 Å². The van der Waals surface area contributed by atoms with Crippen LogP contribution in [-0.2, 0) is 16.1 Å². The molecule has 0 saturated carbocycles. The first-order chi connectivity index (χ1) is 13.9. The van der Waals surface area contributed by atoms with Crippen molar-refractivity contribution in [3.05, 3.63) is 65.7 Å². The first-order valence-corrected chi connectivity index (χ1v) is 10.2. The molecule has 0 saturated heterocycles. The third-order valence-electron chi connectivity index (χ3n) is 4.62. The molecule has 5 nitrogen and oxygen atoms in total. The van der Waals surface area contributed by atoms with Crippen molar-refractivity contribution in [3.63, 3.8) is 0 Å². The molecule has 2 amide bonds. The Bertz CT molecular complexity index is 772. The van der Waals surface area contributed by atoms with E-state index in [1.54, 1.807) is 11.8 Å². The Balaban J connectivity index is 1.99. The predicted molar refractivity (Wildman–Crippen MR) is 116 cm³/mol. The molecular weight excluding hydrogens is 364 g/mol. The Labute approximate surface area is 174 Å². The van der Waals surface area contributed by atoms with E-state index in [0.29, 0.717) is 26.0 Å². The van der Waals surface area contributed by atoms with Crippen molar-refractivity contribution < 1.29 is 14.3 Å². The molecule has 2 rings (SSSR count). The zero-order valence-electron chi connectivity index (χ0n) is 17.9. The smallest absolute Gasteiger partial charge is 0.242 e. The van der Waals surface area contributed by atoms with Gasteiger partial charge in [0.25, 0.3) is 0 Å². The van der Waals surface area contributed by atoms with E-state index in [2.05, 4.69) is 5.32 Å². The summed E-state index contributed by atoms with van der Waals surface area (Å²) in [4.78, 5) is 27.1. The van der Waals surface area contributed by atoms with E-state index in [-0.39, 0.29) is 17.9 Å². The molecule has 0 bridgehead atoms. The summed E-state index contributed by atoms with van der Waals surface area (Å²) in [6, 6.07) is 17.1. The number of nitrogens with one attached hydrogen (secondary N) is 1. The van der Waals surface area contributed by atoms with Crippen molar-refractivity contribution in [2.45, 2.75) is 59.2 Å². The molecule has 0 aliphatic rings. The number of hydrogen-bond acceptors (Lipinski definition) is 3. The maximum Gasteiger partial charge on any atom is 0.242 e. The molecule has 0 spiro atoms. The standard InChI is InChI=1S/C24H32N2O3/c1-18(2)25-24(28)20(4)26(17-21-14-12-19(3)13-15-21)23(27)11-8-16-29-22-9-6-5-7-10-22/h5-7,9-10,12-15,18,20H,8,11,16-17H2,1-4H3,(H,25,28). The highest BCUT2D eigenvalue weighted by molar-refractivity contribution is 5.87. The van der Waals surface area contributed by atoms with Crippen LogP contribution >= 0.6 is 0 Å². The van der Waals surface area contributed by atoms with Gasteiger partial charge >= 0.3 is 0 Å². The topological polar surface area (TPSA) is 58.6 Å². The van der Waals surface area contributed by atoms with Crippen molar-refractivity contribution in [1.29, 1.82) is 0 Å². The number of hydrogen-bond donors (Lipinski definition) is 1. The molecule has 0 radical (unpaired) electrons. The van der Waals surface area contributed by atoms with Gasteiger partial charge in [0.1, 0.15) is 11.8 Å². The van der Waals surface area contributed by atoms with E-state index in [9.17, 15) is 9.59 Å². The quantitative estimate of drug-likeness (QED) is 0.615. The third-order valence-corrected chi connectivity index (χ3v) is 4.62. The van der Waals surface area contributed by atoms with Crippen molar-refractivity contribution in [1.82, 2.24) is 10.2 Å². The summed E-state index contributed by atoms with van der Waals surface area (Å²) in [5.74, 6) is 0.607. The number of carbonyl (C=O) groups is 2. The van der Waals surface area contributed by atoms with Gasteiger partial charge in [0.15, 0.2) is 0 Å². The largest absolute Gasteiger partial charge is 0.494 e. The van der Waals surface area contributed by atoms with E-state index in [1.807, 2.05) is 75.4 Å². The van der Waals surface area contributed by atoms with Crippen LogP contribution in [0, 0.1) is 6.92 Å². The molecular formula is C24H32N2O3. The van der Waals surface area contributed by atoms with Crippen LogP contribution in [-0.4, -0.2) is 35.4 Å². The molecule has 2 aromatic carbocycles. The van der Waals surface area contributed by atoms with Gasteiger partial charge < -0.3 is 15.0 Å². The molecule has 1 N–H and O–H groups in total. The normalized spacial score (nSPS) is 11.8. The number of rotatable bonds is 10. The van der Waals surface area contributed by atoms with Gasteiger partial charge in [-0.25, -0.2) is 0 Å². The van der Waals surface area contributed by atoms with Gasteiger partial charge in [-0.3, -0.25) is 9.59 Å². The summed E-state index contributed by atoms with van der Waals surface area (Å²) in [5, 5.41) is 2.90. The second kappa shape index (κ2) is 11.2. The van der Waals surface area contributed by atoms with Crippen LogP contribution in [0.2, 0.25) is 0 Å². The SMILES string of the molecule is Cc1ccc(CN(C(=O)CCCOc2ccccc2)C(C)C(=O)NC(C)C)cc1. The number of ether oxygens (including phenoxy) is 1. The van der Waals surface area contributed by atoms with E-state index in [0.717, 1.165) is 16.9 Å². The van der Waals surface area contributed by atoms with Gasteiger partial charge in [-0.2, -0.15) is 0 Å². The average Bonchev–Trinajstić information content (AvgIpc) is 2.70. The number of aryl methyl sites for hydroxylation is 1. The fraction of sp³-hybridized carbons (Fsp3) is 0.417. The number of amides is 2. The van der Waals surface area contributed by atoms with E-state index in [1.165, 1.54) is 0 Å². The summed E-state index contributed by atoms with van der Waals surface area (Å²) in [6.45, 7) is 8.50. The fourth-order valence-electron chi connectivity index (χ4n) is 2.95. The average molecular weight is 397 g/mol. The summed E-state index contributed by atoms with van der Waals surface area (Å²) < 4.78 is 5.68. The first kappa shape index (κ1) is 22.5. The Morgan fingerprint density at radius 1 is 1.00 bits per heavy atom. The highest BCUT2D eigenvalue weighted by Crippen LogP contribution is 2.14. The molecule has 1 unspecified atom stereocenters. The lowest BCUT2D eigenvalue weighted by atomic mass is 10.1. The van der Waals surface area contributed by atoms with Crippen LogP contribution in [0.3, 0.4) is 0 Å². The molecule has 156 valence electrons. The maximum atomic E-state index is 12.9. The number of benzene rings is 2. The summed E-state index contributed by atoms with van der Waals surface area (Å²) in [7, 11) is 0. The Morgan fingerprint density at radius 3 is 2.28 bits per heavy atom. The maximum absolute atomic E-state index is 12.9. The fourth-order valence-corrected chi connectivity index (χ4v) is 2.95. The summed E-state index contributed by atoms with van der Waals surface area (Å²) in [5.41, 5.74) is 2.17. The first-order valence-electron chi connectivity index (χ1n) is 10.2.